The van der Waals surface area contributed by atoms with Gasteiger partial charge < -0.3 is 20.0 Å². The minimum Gasteiger partial charge on any atom is -0.370 e. The van der Waals surface area contributed by atoms with Crippen molar-refractivity contribution < 1.29 is 4.79 Å². The second-order valence-electron chi connectivity index (χ2n) is 10.1. The molecule has 1 N–H and O–H groups in total. The lowest BCUT2D eigenvalue weighted by Gasteiger charge is -2.49. The molecule has 1 fully saturated rings. The summed E-state index contributed by atoms with van der Waals surface area (Å²) in [6.45, 7) is 3.78. The largest absolute Gasteiger partial charge is 0.370 e. The molecule has 3 unspecified atom stereocenters. The average molecular weight is 517 g/mol. The first-order valence-corrected chi connectivity index (χ1v) is 13.3. The summed E-state index contributed by atoms with van der Waals surface area (Å²) >= 11 is 0. The zero-order valence-corrected chi connectivity index (χ0v) is 22.1. The number of piperidine rings is 1. The van der Waals surface area contributed by atoms with Crippen LogP contribution in [0.2, 0.25) is 0 Å². The summed E-state index contributed by atoms with van der Waals surface area (Å²) < 4.78 is 0. The first kappa shape index (κ1) is 25.9. The summed E-state index contributed by atoms with van der Waals surface area (Å²) in [6, 6.07) is 30.1. The first-order chi connectivity index (χ1) is 19.1. The number of para-hydroxylation sites is 1. The van der Waals surface area contributed by atoms with Crippen LogP contribution >= 0.6 is 0 Å². The molecule has 3 atom stereocenters. The molecule has 0 saturated carbocycles. The smallest absolute Gasteiger partial charge is 0.220 e. The minimum absolute atomic E-state index is 0.00567. The van der Waals surface area contributed by atoms with Crippen molar-refractivity contribution >= 4 is 11.6 Å². The number of carbonyl (C=O) groups is 1. The SMILES string of the molecule is CC(=O)N(Cc1ccc(C#N)cc1)C1CCN(c2ccccc2)CC1N1C=CNC1Cc1ccc(C#N)cc1. The van der Waals surface area contributed by atoms with Crippen LogP contribution in [-0.2, 0) is 17.8 Å². The third kappa shape index (κ3) is 5.89. The van der Waals surface area contributed by atoms with E-state index in [0.717, 1.165) is 37.1 Å². The van der Waals surface area contributed by atoms with Gasteiger partial charge in [-0.1, -0.05) is 42.5 Å². The number of amides is 1. The fourth-order valence-corrected chi connectivity index (χ4v) is 5.67. The van der Waals surface area contributed by atoms with Crippen molar-refractivity contribution in [1.82, 2.24) is 15.1 Å². The summed E-state index contributed by atoms with van der Waals surface area (Å²) in [4.78, 5) is 19.9. The van der Waals surface area contributed by atoms with Gasteiger partial charge in [0.15, 0.2) is 0 Å². The van der Waals surface area contributed by atoms with Crippen molar-refractivity contribution in [2.24, 2.45) is 0 Å². The Morgan fingerprint density at radius 2 is 1.59 bits per heavy atom. The fraction of sp³-hybridized carbons (Fsp3) is 0.281. The quantitative estimate of drug-likeness (QED) is 0.502. The molecular weight excluding hydrogens is 484 g/mol. The van der Waals surface area contributed by atoms with E-state index in [4.69, 9.17) is 5.26 Å². The number of hydrogen-bond donors (Lipinski definition) is 1. The van der Waals surface area contributed by atoms with Gasteiger partial charge in [0.2, 0.25) is 5.91 Å². The molecule has 7 nitrogen and oxygen atoms in total. The zero-order valence-electron chi connectivity index (χ0n) is 22.1. The molecule has 2 aliphatic rings. The average Bonchev–Trinajstić information content (AvgIpc) is 3.44. The van der Waals surface area contributed by atoms with Gasteiger partial charge in [0.25, 0.3) is 0 Å². The molecule has 1 amide bonds. The number of nitriles is 2. The predicted molar refractivity (Wildman–Crippen MR) is 151 cm³/mol. The molecule has 3 aromatic rings. The number of rotatable bonds is 7. The van der Waals surface area contributed by atoms with E-state index in [1.807, 2.05) is 65.7 Å². The van der Waals surface area contributed by atoms with Crippen LogP contribution in [0.15, 0.2) is 91.3 Å². The Kier molecular flexibility index (Phi) is 7.80. The number of carbonyl (C=O) groups excluding carboxylic acids is 1. The van der Waals surface area contributed by atoms with E-state index >= 15 is 0 Å². The predicted octanol–water partition coefficient (Wildman–Crippen LogP) is 4.37. The molecule has 196 valence electrons. The molecule has 5 rings (SSSR count). The molecular formula is C32H32N6O. The Labute approximate surface area is 230 Å². The lowest BCUT2D eigenvalue weighted by molar-refractivity contribution is -0.134. The van der Waals surface area contributed by atoms with Crippen LogP contribution in [-0.4, -0.2) is 47.0 Å². The normalized spacial score (nSPS) is 20.1. The van der Waals surface area contributed by atoms with Crippen molar-refractivity contribution in [3.8, 4) is 12.1 Å². The summed E-state index contributed by atoms with van der Waals surface area (Å²) in [6.07, 6.45) is 5.74. The molecule has 0 spiro atoms. The van der Waals surface area contributed by atoms with E-state index in [9.17, 15) is 10.1 Å². The van der Waals surface area contributed by atoms with Gasteiger partial charge in [-0.25, -0.2) is 0 Å². The topological polar surface area (TPSA) is 86.4 Å². The highest BCUT2D eigenvalue weighted by Crippen LogP contribution is 2.30. The van der Waals surface area contributed by atoms with Crippen molar-refractivity contribution in [3.63, 3.8) is 0 Å². The van der Waals surface area contributed by atoms with Gasteiger partial charge in [-0.05, 0) is 53.9 Å². The van der Waals surface area contributed by atoms with Crippen LogP contribution in [0, 0.1) is 22.7 Å². The maximum absolute atomic E-state index is 13.1. The standard InChI is InChI=1S/C32H32N6O/c1-24(39)38(22-28-13-11-27(21-34)12-14-28)30-15-17-36(29-5-3-2-4-6-29)23-31(30)37-18-16-35-32(37)19-25-7-9-26(20-33)10-8-25/h2-14,16,18,30-32,35H,15,17,19,22-23H2,1H3. The molecule has 0 aromatic heterocycles. The van der Waals surface area contributed by atoms with Gasteiger partial charge in [-0.2, -0.15) is 10.5 Å². The van der Waals surface area contributed by atoms with Gasteiger partial charge in [0.1, 0.15) is 6.17 Å². The number of hydrogen-bond acceptors (Lipinski definition) is 6. The van der Waals surface area contributed by atoms with E-state index in [-0.39, 0.29) is 24.2 Å². The molecule has 1 saturated heterocycles. The monoisotopic (exact) mass is 516 g/mol. The maximum atomic E-state index is 13.1. The van der Waals surface area contributed by atoms with Crippen molar-refractivity contribution in [1.29, 1.82) is 10.5 Å². The molecule has 0 bridgehead atoms. The van der Waals surface area contributed by atoms with Crippen molar-refractivity contribution in [2.75, 3.05) is 18.0 Å². The summed E-state index contributed by atoms with van der Waals surface area (Å²) in [5.41, 5.74) is 4.60. The number of nitrogens with zero attached hydrogens (tertiary/aromatic N) is 5. The van der Waals surface area contributed by atoms with E-state index in [1.54, 1.807) is 6.92 Å². The lowest BCUT2D eigenvalue weighted by atomic mass is 9.93. The van der Waals surface area contributed by atoms with Gasteiger partial charge in [-0.3, -0.25) is 4.79 Å². The highest BCUT2D eigenvalue weighted by molar-refractivity contribution is 5.74. The van der Waals surface area contributed by atoms with Crippen LogP contribution in [0.1, 0.15) is 35.6 Å². The maximum Gasteiger partial charge on any atom is 0.220 e. The Morgan fingerprint density at radius 1 is 0.949 bits per heavy atom. The third-order valence-electron chi connectivity index (χ3n) is 7.70. The van der Waals surface area contributed by atoms with Gasteiger partial charge in [-0.15, -0.1) is 0 Å². The summed E-state index contributed by atoms with van der Waals surface area (Å²) in [5.74, 6) is 0.0438. The van der Waals surface area contributed by atoms with Crippen molar-refractivity contribution in [3.05, 3.63) is 114 Å². The number of anilines is 1. The molecule has 2 aliphatic heterocycles. The molecule has 39 heavy (non-hydrogen) atoms. The van der Waals surface area contributed by atoms with Gasteiger partial charge in [0, 0.05) is 51.1 Å². The number of benzene rings is 3. The summed E-state index contributed by atoms with van der Waals surface area (Å²) in [7, 11) is 0. The van der Waals surface area contributed by atoms with Crippen LogP contribution in [0.4, 0.5) is 5.69 Å². The molecule has 7 heteroatoms. The van der Waals surface area contributed by atoms with Crippen LogP contribution in [0.5, 0.6) is 0 Å². The second-order valence-corrected chi connectivity index (χ2v) is 10.1. The molecule has 3 aromatic carbocycles. The highest BCUT2D eigenvalue weighted by Gasteiger charge is 2.40. The van der Waals surface area contributed by atoms with Crippen LogP contribution < -0.4 is 10.2 Å². The summed E-state index contributed by atoms with van der Waals surface area (Å²) in [5, 5.41) is 21.9. The van der Waals surface area contributed by atoms with E-state index in [1.165, 1.54) is 5.69 Å². The molecule has 0 aliphatic carbocycles. The van der Waals surface area contributed by atoms with E-state index < -0.39 is 0 Å². The minimum atomic E-state index is 0.00567. The van der Waals surface area contributed by atoms with Crippen molar-refractivity contribution in [2.45, 2.75) is 44.6 Å². The Bertz CT molecular complexity index is 1390. The van der Waals surface area contributed by atoms with Gasteiger partial charge >= 0.3 is 0 Å². The van der Waals surface area contributed by atoms with Crippen LogP contribution in [0.25, 0.3) is 0 Å². The third-order valence-corrected chi connectivity index (χ3v) is 7.70. The van der Waals surface area contributed by atoms with Crippen LogP contribution in [0.3, 0.4) is 0 Å². The molecule has 2 heterocycles. The lowest BCUT2D eigenvalue weighted by Crippen LogP contribution is -2.62. The molecule has 0 radical (unpaired) electrons. The fourth-order valence-electron chi connectivity index (χ4n) is 5.67. The first-order valence-electron chi connectivity index (χ1n) is 13.3. The Balaban J connectivity index is 1.43. The van der Waals surface area contributed by atoms with E-state index in [0.29, 0.717) is 17.7 Å². The Hall–Kier alpha value is -4.75. The number of nitrogens with one attached hydrogen (secondary N) is 1. The van der Waals surface area contributed by atoms with Gasteiger partial charge in [0.05, 0.1) is 35.3 Å². The Morgan fingerprint density at radius 3 is 2.21 bits per heavy atom. The second kappa shape index (κ2) is 11.8. The zero-order chi connectivity index (χ0) is 27.2. The van der Waals surface area contributed by atoms with E-state index in [2.05, 4.69) is 57.7 Å². The highest BCUT2D eigenvalue weighted by atomic mass is 16.2.